The molecule has 3 aliphatic heterocycles. The van der Waals surface area contributed by atoms with Crippen LogP contribution in [0.2, 0.25) is 0 Å². The van der Waals surface area contributed by atoms with Gasteiger partial charge < -0.3 is 0 Å². The number of hydrogen-bond acceptors (Lipinski definition) is 5. The van der Waals surface area contributed by atoms with Crippen molar-refractivity contribution in [2.45, 2.75) is 31.8 Å². The van der Waals surface area contributed by atoms with Crippen molar-refractivity contribution in [3.63, 3.8) is 0 Å². The van der Waals surface area contributed by atoms with Crippen molar-refractivity contribution < 1.29 is 19.2 Å². The molecule has 0 aliphatic carbocycles. The fraction of sp³-hybridized carbons (Fsp3) is 0.333. The van der Waals surface area contributed by atoms with Crippen LogP contribution in [0.5, 0.6) is 0 Å². The van der Waals surface area contributed by atoms with Gasteiger partial charge in [0.05, 0.1) is 23.6 Å². The zero-order valence-electron chi connectivity index (χ0n) is 16.7. The molecule has 152 valence electrons. The van der Waals surface area contributed by atoms with Crippen molar-refractivity contribution in [2.75, 3.05) is 11.4 Å². The first kappa shape index (κ1) is 18.9. The SMILES string of the molecule is CC(=O)c1ccc(N2C(=O)[C@@H]3[C@H](C2=O)[C@H]2CCCN2[C@H]3C(=O)c2ccccc2)cc1. The molecule has 2 amide bonds. The third-order valence-corrected chi connectivity index (χ3v) is 6.71. The average molecular weight is 402 g/mol. The second-order valence-electron chi connectivity index (χ2n) is 8.29. The molecule has 3 aliphatic rings. The molecular formula is C24H22N2O4. The molecule has 6 heteroatoms. The molecule has 3 fully saturated rings. The number of carbonyl (C=O) groups is 4. The summed E-state index contributed by atoms with van der Waals surface area (Å²) in [6.45, 7) is 2.20. The van der Waals surface area contributed by atoms with Crippen molar-refractivity contribution in [2.24, 2.45) is 11.8 Å². The molecule has 4 atom stereocenters. The molecule has 0 unspecified atom stereocenters. The predicted molar refractivity (Wildman–Crippen MR) is 110 cm³/mol. The summed E-state index contributed by atoms with van der Waals surface area (Å²) < 4.78 is 0. The zero-order chi connectivity index (χ0) is 21.0. The summed E-state index contributed by atoms with van der Waals surface area (Å²) in [6, 6.07) is 14.8. The first-order valence-electron chi connectivity index (χ1n) is 10.3. The maximum atomic E-state index is 13.5. The maximum Gasteiger partial charge on any atom is 0.239 e. The van der Waals surface area contributed by atoms with Crippen LogP contribution in [0.4, 0.5) is 5.69 Å². The lowest BCUT2D eigenvalue weighted by Gasteiger charge is -2.27. The van der Waals surface area contributed by atoms with Crippen LogP contribution in [0, 0.1) is 11.8 Å². The van der Waals surface area contributed by atoms with E-state index in [2.05, 4.69) is 4.90 Å². The minimum atomic E-state index is -0.664. The third-order valence-electron chi connectivity index (χ3n) is 6.71. The van der Waals surface area contributed by atoms with Crippen molar-refractivity contribution in [1.29, 1.82) is 0 Å². The Labute approximate surface area is 174 Å². The van der Waals surface area contributed by atoms with Crippen molar-refractivity contribution in [1.82, 2.24) is 4.90 Å². The number of anilines is 1. The van der Waals surface area contributed by atoms with E-state index in [1.165, 1.54) is 11.8 Å². The topological polar surface area (TPSA) is 74.8 Å². The molecule has 0 bridgehead atoms. The summed E-state index contributed by atoms with van der Waals surface area (Å²) in [6.07, 6.45) is 1.73. The Hall–Kier alpha value is -3.12. The molecular weight excluding hydrogens is 380 g/mol. The van der Waals surface area contributed by atoms with Gasteiger partial charge in [0.15, 0.2) is 11.6 Å². The smallest absolute Gasteiger partial charge is 0.239 e. The van der Waals surface area contributed by atoms with E-state index in [1.54, 1.807) is 36.4 Å². The lowest BCUT2D eigenvalue weighted by molar-refractivity contribution is -0.123. The Morgan fingerprint density at radius 2 is 1.53 bits per heavy atom. The average Bonchev–Trinajstić information content (AvgIpc) is 3.40. The summed E-state index contributed by atoms with van der Waals surface area (Å²) in [5, 5.41) is 0. The number of hydrogen-bond donors (Lipinski definition) is 0. The van der Waals surface area contributed by atoms with E-state index in [1.807, 2.05) is 18.2 Å². The zero-order valence-corrected chi connectivity index (χ0v) is 16.7. The van der Waals surface area contributed by atoms with Gasteiger partial charge in [0.25, 0.3) is 0 Å². The van der Waals surface area contributed by atoms with Crippen LogP contribution >= 0.6 is 0 Å². The standard InChI is InChI=1S/C24H22N2O4/c1-14(27)15-9-11-17(12-10-15)26-23(29)19-18-8-5-13-25(18)21(20(19)24(26)30)22(28)16-6-3-2-4-7-16/h2-4,6-7,9-12,18-21H,5,8,13H2,1H3/t18-,19-,20-,21-/m1/s1. The van der Waals surface area contributed by atoms with Crippen LogP contribution in [0.1, 0.15) is 40.5 Å². The molecule has 3 heterocycles. The highest BCUT2D eigenvalue weighted by Gasteiger charge is 2.64. The number of fused-ring (bicyclic) bond motifs is 3. The molecule has 0 N–H and O–H groups in total. The molecule has 0 saturated carbocycles. The molecule has 30 heavy (non-hydrogen) atoms. The van der Waals surface area contributed by atoms with E-state index >= 15 is 0 Å². The Bertz CT molecular complexity index is 1050. The first-order valence-corrected chi connectivity index (χ1v) is 10.3. The van der Waals surface area contributed by atoms with Crippen LogP contribution in [-0.4, -0.2) is 46.9 Å². The Morgan fingerprint density at radius 1 is 0.867 bits per heavy atom. The van der Waals surface area contributed by atoms with Crippen LogP contribution in [0.25, 0.3) is 0 Å². The van der Waals surface area contributed by atoms with Crippen LogP contribution < -0.4 is 4.90 Å². The Balaban J connectivity index is 1.52. The van der Waals surface area contributed by atoms with Gasteiger partial charge in [-0.1, -0.05) is 30.3 Å². The molecule has 6 nitrogen and oxygen atoms in total. The molecule has 0 spiro atoms. The van der Waals surface area contributed by atoms with Gasteiger partial charge in [0, 0.05) is 17.2 Å². The van der Waals surface area contributed by atoms with Gasteiger partial charge in [0.1, 0.15) is 0 Å². The highest BCUT2D eigenvalue weighted by atomic mass is 16.2. The fourth-order valence-electron chi connectivity index (χ4n) is 5.39. The lowest BCUT2D eigenvalue weighted by atomic mass is 9.85. The van der Waals surface area contributed by atoms with E-state index in [4.69, 9.17) is 0 Å². The highest BCUT2D eigenvalue weighted by molar-refractivity contribution is 6.24. The fourth-order valence-corrected chi connectivity index (χ4v) is 5.39. The molecule has 2 aromatic rings. The summed E-state index contributed by atoms with van der Waals surface area (Å²) in [7, 11) is 0. The van der Waals surface area contributed by atoms with Gasteiger partial charge >= 0.3 is 0 Å². The van der Waals surface area contributed by atoms with E-state index in [0.717, 1.165) is 19.4 Å². The number of rotatable bonds is 4. The van der Waals surface area contributed by atoms with Crippen LogP contribution in [-0.2, 0) is 9.59 Å². The quantitative estimate of drug-likeness (QED) is 0.581. The molecule has 2 aromatic carbocycles. The summed E-state index contributed by atoms with van der Waals surface area (Å²) in [5.41, 5.74) is 1.55. The van der Waals surface area contributed by atoms with Gasteiger partial charge in [-0.25, -0.2) is 4.90 Å². The van der Waals surface area contributed by atoms with Gasteiger partial charge in [-0.15, -0.1) is 0 Å². The molecule has 0 aromatic heterocycles. The monoisotopic (exact) mass is 402 g/mol. The number of carbonyl (C=O) groups excluding carboxylic acids is 4. The van der Waals surface area contributed by atoms with Crippen LogP contribution in [0.3, 0.4) is 0 Å². The van der Waals surface area contributed by atoms with E-state index < -0.39 is 17.9 Å². The van der Waals surface area contributed by atoms with E-state index in [-0.39, 0.29) is 29.4 Å². The number of amides is 2. The predicted octanol–water partition coefficient (Wildman–Crippen LogP) is 2.72. The number of Topliss-reactive ketones (excluding diaryl/α,β-unsaturated/α-hetero) is 2. The van der Waals surface area contributed by atoms with Gasteiger partial charge in [-0.2, -0.15) is 0 Å². The second kappa shape index (κ2) is 6.99. The Kier molecular flexibility index (Phi) is 4.40. The van der Waals surface area contributed by atoms with E-state index in [0.29, 0.717) is 16.8 Å². The minimum Gasteiger partial charge on any atom is -0.295 e. The minimum absolute atomic E-state index is 0.0763. The number of benzene rings is 2. The van der Waals surface area contributed by atoms with Crippen LogP contribution in [0.15, 0.2) is 54.6 Å². The van der Waals surface area contributed by atoms with Crippen molar-refractivity contribution in [3.05, 3.63) is 65.7 Å². The largest absolute Gasteiger partial charge is 0.295 e. The summed E-state index contributed by atoms with van der Waals surface area (Å²) in [5.74, 6) is -1.88. The normalized spacial score (nSPS) is 28.0. The molecule has 3 saturated heterocycles. The lowest BCUT2D eigenvalue weighted by Crippen LogP contribution is -2.46. The summed E-state index contributed by atoms with van der Waals surface area (Å²) in [4.78, 5) is 55.1. The second-order valence-corrected chi connectivity index (χ2v) is 8.29. The number of imide groups is 1. The number of nitrogens with zero attached hydrogens (tertiary/aromatic N) is 2. The maximum absolute atomic E-state index is 13.5. The summed E-state index contributed by atoms with van der Waals surface area (Å²) >= 11 is 0. The Morgan fingerprint density at radius 3 is 2.20 bits per heavy atom. The van der Waals surface area contributed by atoms with Crippen molar-refractivity contribution in [3.8, 4) is 0 Å². The number of ketones is 2. The van der Waals surface area contributed by atoms with Gasteiger partial charge in [0.2, 0.25) is 11.8 Å². The van der Waals surface area contributed by atoms with E-state index in [9.17, 15) is 19.2 Å². The molecule has 0 radical (unpaired) electrons. The van der Waals surface area contributed by atoms with Gasteiger partial charge in [-0.05, 0) is 50.6 Å². The van der Waals surface area contributed by atoms with Crippen molar-refractivity contribution >= 4 is 29.1 Å². The molecule has 5 rings (SSSR count). The van der Waals surface area contributed by atoms with Gasteiger partial charge in [-0.3, -0.25) is 24.1 Å². The highest BCUT2D eigenvalue weighted by Crippen LogP contribution is 2.48. The first-order chi connectivity index (χ1) is 14.5. The third kappa shape index (κ3) is 2.67.